The molecule has 0 aromatic heterocycles. The fourth-order valence-corrected chi connectivity index (χ4v) is 6.17. The summed E-state index contributed by atoms with van der Waals surface area (Å²) in [5, 5.41) is 0. The average molecular weight is 268 g/mol. The Hall–Kier alpha value is -0.0900. The maximum atomic E-state index is 2.68. The second kappa shape index (κ2) is 6.90. The number of hydrogen-bond donors (Lipinski definition) is 0. The van der Waals surface area contributed by atoms with E-state index < -0.39 is 7.26 Å². The van der Waals surface area contributed by atoms with Crippen LogP contribution in [0.2, 0.25) is 0 Å². The predicted molar refractivity (Wildman–Crippen MR) is 89.3 cm³/mol. The molecule has 0 aromatic carbocycles. The molecule has 0 saturated heterocycles. The molecule has 1 heteroatoms. The van der Waals surface area contributed by atoms with Gasteiger partial charge in [0.25, 0.3) is 0 Å². The molecule has 0 bridgehead atoms. The van der Waals surface area contributed by atoms with Gasteiger partial charge < -0.3 is 0 Å². The minimum absolute atomic E-state index is 0.793. The molecule has 0 radical (unpaired) electrons. The number of allylic oxidation sites excluding steroid dienone is 3. The van der Waals surface area contributed by atoms with Crippen molar-refractivity contribution in [3.05, 3.63) is 23.0 Å². The van der Waals surface area contributed by atoms with Crippen LogP contribution in [0, 0.1) is 11.8 Å². The molecule has 106 valence electrons. The van der Waals surface area contributed by atoms with Crippen LogP contribution < -0.4 is 0 Å². The first-order valence-electron chi connectivity index (χ1n) is 7.90. The van der Waals surface area contributed by atoms with Gasteiger partial charge in [-0.2, -0.15) is 0 Å². The molecule has 1 aliphatic heterocycles. The first-order valence-corrected chi connectivity index (χ1v) is 11.2. The van der Waals surface area contributed by atoms with Gasteiger partial charge in [0.2, 0.25) is 0 Å². The predicted octanol–water partition coefficient (Wildman–Crippen LogP) is 5.69. The summed E-state index contributed by atoms with van der Waals surface area (Å²) >= 11 is 0. The second-order valence-corrected chi connectivity index (χ2v) is 11.2. The summed E-state index contributed by atoms with van der Waals surface area (Å²) in [6.07, 6.45) is 9.17. The van der Waals surface area contributed by atoms with Crippen LogP contribution in [-0.2, 0) is 0 Å². The van der Waals surface area contributed by atoms with Crippen molar-refractivity contribution in [2.24, 2.45) is 11.8 Å². The molecule has 0 aromatic rings. The molecule has 0 fully saturated rings. The summed E-state index contributed by atoms with van der Waals surface area (Å²) < 4.78 is 0. The molecule has 0 atom stereocenters. The standard InChI is InChI=1S/C17H33P/c1-7-14(8-2)16-11-17(15(9-3)10-4)13-18(5,6)12-16/h11-12,14-15,18H,7-10,13H2,1-6H3. The fourth-order valence-electron chi connectivity index (χ4n) is 3.41. The van der Waals surface area contributed by atoms with Gasteiger partial charge in [-0.05, 0) is 0 Å². The van der Waals surface area contributed by atoms with E-state index in [1.807, 2.05) is 0 Å². The van der Waals surface area contributed by atoms with E-state index in [0.717, 1.165) is 11.8 Å². The van der Waals surface area contributed by atoms with Gasteiger partial charge in [-0.25, -0.2) is 0 Å². The topological polar surface area (TPSA) is 0 Å². The Morgan fingerprint density at radius 1 is 0.944 bits per heavy atom. The summed E-state index contributed by atoms with van der Waals surface area (Å²) in [6.45, 7) is 14.4. The van der Waals surface area contributed by atoms with Crippen molar-refractivity contribution in [3.8, 4) is 0 Å². The van der Waals surface area contributed by atoms with Gasteiger partial charge in [0.1, 0.15) is 0 Å². The fraction of sp³-hybridized carbons (Fsp3) is 0.765. The van der Waals surface area contributed by atoms with E-state index in [9.17, 15) is 0 Å². The molecule has 0 saturated carbocycles. The van der Waals surface area contributed by atoms with Gasteiger partial charge in [-0.15, -0.1) is 0 Å². The van der Waals surface area contributed by atoms with E-state index >= 15 is 0 Å². The van der Waals surface area contributed by atoms with Crippen molar-refractivity contribution >= 4 is 7.26 Å². The third kappa shape index (κ3) is 3.95. The van der Waals surface area contributed by atoms with Crippen LogP contribution in [0.15, 0.2) is 23.0 Å². The first kappa shape index (κ1) is 16.0. The normalized spacial score (nSPS) is 20.9. The van der Waals surface area contributed by atoms with Gasteiger partial charge in [-0.1, -0.05) is 0 Å². The van der Waals surface area contributed by atoms with Crippen molar-refractivity contribution < 1.29 is 0 Å². The van der Waals surface area contributed by atoms with Gasteiger partial charge in [0, 0.05) is 0 Å². The Kier molecular flexibility index (Phi) is 6.12. The van der Waals surface area contributed by atoms with Gasteiger partial charge in [0.15, 0.2) is 0 Å². The number of rotatable bonds is 6. The van der Waals surface area contributed by atoms with E-state index in [4.69, 9.17) is 0 Å². The van der Waals surface area contributed by atoms with E-state index in [2.05, 4.69) is 52.9 Å². The van der Waals surface area contributed by atoms with Crippen LogP contribution in [-0.4, -0.2) is 19.5 Å². The Morgan fingerprint density at radius 2 is 1.44 bits per heavy atom. The second-order valence-electron chi connectivity index (χ2n) is 6.56. The molecule has 1 heterocycles. The van der Waals surface area contributed by atoms with E-state index in [1.54, 1.807) is 11.1 Å². The van der Waals surface area contributed by atoms with Crippen molar-refractivity contribution in [2.75, 3.05) is 19.5 Å². The van der Waals surface area contributed by atoms with Crippen LogP contribution >= 0.6 is 7.26 Å². The Balaban J connectivity index is 3.04. The number of hydrogen-bond acceptors (Lipinski definition) is 0. The molecule has 1 rings (SSSR count). The van der Waals surface area contributed by atoms with Crippen LogP contribution in [0.5, 0.6) is 0 Å². The Bertz CT molecular complexity index is 315. The van der Waals surface area contributed by atoms with Crippen molar-refractivity contribution in [2.45, 2.75) is 53.4 Å². The third-order valence-corrected chi connectivity index (χ3v) is 6.97. The molecular formula is C17H33P. The SMILES string of the molecule is CCC(CC)C1=C[PH](C)(C)CC(C(CC)CC)=C1. The monoisotopic (exact) mass is 268 g/mol. The van der Waals surface area contributed by atoms with Gasteiger partial charge >= 0.3 is 115 Å². The maximum absolute atomic E-state index is 2.68. The molecule has 0 unspecified atom stereocenters. The summed E-state index contributed by atoms with van der Waals surface area (Å²) in [6, 6.07) is 0. The van der Waals surface area contributed by atoms with Crippen LogP contribution in [0.3, 0.4) is 0 Å². The zero-order chi connectivity index (χ0) is 13.8. The third-order valence-electron chi connectivity index (χ3n) is 4.54. The molecular weight excluding hydrogens is 235 g/mol. The molecule has 0 nitrogen and oxygen atoms in total. The van der Waals surface area contributed by atoms with Crippen molar-refractivity contribution in [1.29, 1.82) is 0 Å². The van der Waals surface area contributed by atoms with E-state index in [-0.39, 0.29) is 0 Å². The van der Waals surface area contributed by atoms with E-state index in [0.29, 0.717) is 0 Å². The van der Waals surface area contributed by atoms with Gasteiger partial charge in [-0.3, -0.25) is 0 Å². The van der Waals surface area contributed by atoms with Crippen LogP contribution in [0.1, 0.15) is 53.4 Å². The summed E-state index contributed by atoms with van der Waals surface area (Å²) in [7, 11) is -1.14. The summed E-state index contributed by atoms with van der Waals surface area (Å²) in [4.78, 5) is 0. The zero-order valence-corrected chi connectivity index (χ0v) is 14.3. The molecule has 1 aliphatic rings. The van der Waals surface area contributed by atoms with Crippen LogP contribution in [0.4, 0.5) is 0 Å². The Labute approximate surface area is 115 Å². The van der Waals surface area contributed by atoms with E-state index in [1.165, 1.54) is 31.8 Å². The summed E-state index contributed by atoms with van der Waals surface area (Å²) in [5.41, 5.74) is 3.44. The first-order chi connectivity index (χ1) is 8.47. The van der Waals surface area contributed by atoms with Crippen LogP contribution in [0.25, 0.3) is 0 Å². The molecule has 0 N–H and O–H groups in total. The van der Waals surface area contributed by atoms with Crippen molar-refractivity contribution in [1.82, 2.24) is 0 Å². The van der Waals surface area contributed by atoms with Crippen molar-refractivity contribution in [3.63, 3.8) is 0 Å². The zero-order valence-electron chi connectivity index (χ0n) is 13.3. The van der Waals surface area contributed by atoms with Gasteiger partial charge in [0.05, 0.1) is 0 Å². The average Bonchev–Trinajstić information content (AvgIpc) is 2.30. The minimum atomic E-state index is -1.14. The molecule has 0 aliphatic carbocycles. The summed E-state index contributed by atoms with van der Waals surface area (Å²) in [5.74, 6) is 4.30. The molecule has 18 heavy (non-hydrogen) atoms. The Morgan fingerprint density at radius 3 is 1.89 bits per heavy atom. The molecule has 0 spiro atoms. The molecule has 0 amide bonds. The quantitative estimate of drug-likeness (QED) is 0.543.